The number of halogens is 1. The highest BCUT2D eigenvalue weighted by Gasteiger charge is 2.17. The zero-order valence-corrected chi connectivity index (χ0v) is 19.1. The Hall–Kier alpha value is -2.98. The second-order valence-corrected chi connectivity index (χ2v) is 8.68. The number of anilines is 1. The largest absolute Gasteiger partial charge is 0.321 e. The van der Waals surface area contributed by atoms with Crippen LogP contribution in [0.5, 0.6) is 0 Å². The van der Waals surface area contributed by atoms with Crippen LogP contribution in [0.4, 0.5) is 5.69 Å². The molecule has 0 bridgehead atoms. The average molecular weight is 459 g/mol. The number of hydrogen-bond donors (Lipinski definition) is 1. The molecule has 0 unspecified atom stereocenters. The van der Waals surface area contributed by atoms with E-state index in [0.29, 0.717) is 5.56 Å². The maximum Gasteiger partial charge on any atom is 0.256 e. The highest BCUT2D eigenvalue weighted by atomic mass is 79.9. The lowest BCUT2D eigenvalue weighted by Gasteiger charge is -2.15. The van der Waals surface area contributed by atoms with E-state index in [2.05, 4.69) is 27.3 Å². The van der Waals surface area contributed by atoms with Crippen LogP contribution in [0, 0.1) is 27.7 Å². The van der Waals surface area contributed by atoms with Gasteiger partial charge in [-0.05, 0) is 68.7 Å². The summed E-state index contributed by atoms with van der Waals surface area (Å²) in [5.74, 6) is -0.122. The van der Waals surface area contributed by atoms with Gasteiger partial charge in [-0.1, -0.05) is 57.9 Å². The molecule has 0 saturated heterocycles. The van der Waals surface area contributed by atoms with E-state index in [9.17, 15) is 4.79 Å². The number of nitrogens with zero attached hydrogens (tertiary/aromatic N) is 1. The number of hydrogen-bond acceptors (Lipinski definition) is 2. The Morgan fingerprint density at radius 3 is 2.20 bits per heavy atom. The van der Waals surface area contributed by atoms with E-state index in [1.54, 1.807) is 0 Å². The fourth-order valence-electron chi connectivity index (χ4n) is 3.83. The van der Waals surface area contributed by atoms with Crippen molar-refractivity contribution in [3.05, 3.63) is 93.0 Å². The highest BCUT2D eigenvalue weighted by molar-refractivity contribution is 9.10. The zero-order valence-electron chi connectivity index (χ0n) is 17.5. The van der Waals surface area contributed by atoms with Crippen molar-refractivity contribution >= 4 is 38.4 Å². The van der Waals surface area contributed by atoms with Crippen molar-refractivity contribution in [3.8, 4) is 11.3 Å². The average Bonchev–Trinajstić information content (AvgIpc) is 2.70. The number of aromatic nitrogens is 1. The summed E-state index contributed by atoms with van der Waals surface area (Å²) in [6, 6.07) is 20.1. The number of pyridine rings is 1. The van der Waals surface area contributed by atoms with E-state index < -0.39 is 0 Å². The molecule has 1 N–H and O–H groups in total. The molecule has 0 radical (unpaired) electrons. The summed E-state index contributed by atoms with van der Waals surface area (Å²) in [6.07, 6.45) is 0. The fourth-order valence-corrected chi connectivity index (χ4v) is 4.09. The molecule has 1 amide bonds. The van der Waals surface area contributed by atoms with Crippen molar-refractivity contribution < 1.29 is 4.79 Å². The summed E-state index contributed by atoms with van der Waals surface area (Å²) in [6.45, 7) is 8.10. The van der Waals surface area contributed by atoms with E-state index in [1.165, 1.54) is 0 Å². The van der Waals surface area contributed by atoms with Crippen LogP contribution in [0.1, 0.15) is 32.6 Å². The molecule has 4 heteroatoms. The minimum absolute atomic E-state index is 0.122. The molecule has 0 spiro atoms. The topological polar surface area (TPSA) is 42.0 Å². The van der Waals surface area contributed by atoms with Crippen molar-refractivity contribution in [2.75, 3.05) is 5.32 Å². The number of nitrogens with one attached hydrogen (secondary N) is 1. The predicted molar refractivity (Wildman–Crippen MR) is 128 cm³/mol. The first-order chi connectivity index (χ1) is 14.3. The molecule has 3 nitrogen and oxygen atoms in total. The van der Waals surface area contributed by atoms with Gasteiger partial charge < -0.3 is 5.32 Å². The molecule has 30 heavy (non-hydrogen) atoms. The number of amides is 1. The Bertz CT molecular complexity index is 1260. The van der Waals surface area contributed by atoms with Crippen LogP contribution in [0.2, 0.25) is 0 Å². The second kappa shape index (κ2) is 8.04. The van der Waals surface area contributed by atoms with E-state index in [4.69, 9.17) is 4.98 Å². The number of fused-ring (bicyclic) bond motifs is 1. The lowest BCUT2D eigenvalue weighted by molar-refractivity contribution is 0.102. The molecule has 0 saturated carbocycles. The van der Waals surface area contributed by atoms with Crippen molar-refractivity contribution in [2.45, 2.75) is 27.7 Å². The van der Waals surface area contributed by atoms with Crippen molar-refractivity contribution in [2.24, 2.45) is 0 Å². The van der Waals surface area contributed by atoms with Gasteiger partial charge in [0.25, 0.3) is 5.91 Å². The third kappa shape index (κ3) is 3.88. The predicted octanol–water partition coefficient (Wildman–Crippen LogP) is 7.15. The Balaban J connectivity index is 1.90. The van der Waals surface area contributed by atoms with Gasteiger partial charge in [-0.2, -0.15) is 0 Å². The number of rotatable bonds is 3. The van der Waals surface area contributed by atoms with Crippen LogP contribution < -0.4 is 5.32 Å². The number of para-hydroxylation sites is 1. The molecule has 0 aliphatic heterocycles. The number of carbonyl (C=O) groups is 1. The normalized spacial score (nSPS) is 11.0. The molecule has 0 atom stereocenters. The lowest BCUT2D eigenvalue weighted by atomic mass is 9.99. The van der Waals surface area contributed by atoms with Gasteiger partial charge >= 0.3 is 0 Å². The van der Waals surface area contributed by atoms with Gasteiger partial charge in [0, 0.05) is 21.1 Å². The first kappa shape index (κ1) is 20.3. The smallest absolute Gasteiger partial charge is 0.256 e. The van der Waals surface area contributed by atoms with Gasteiger partial charge in [-0.25, -0.2) is 4.98 Å². The fraction of sp³-hybridized carbons (Fsp3) is 0.154. The zero-order chi connectivity index (χ0) is 21.4. The Morgan fingerprint density at radius 2 is 1.53 bits per heavy atom. The molecule has 1 aromatic heterocycles. The SMILES string of the molecule is Cc1cc(C)c2nc(-c3ccc(Br)cc3)cc(C(=O)Nc3c(C)cccc3C)c2c1. The summed E-state index contributed by atoms with van der Waals surface area (Å²) in [4.78, 5) is 18.4. The minimum Gasteiger partial charge on any atom is -0.321 e. The van der Waals surface area contributed by atoms with E-state index in [1.807, 2.05) is 82.3 Å². The van der Waals surface area contributed by atoms with E-state index >= 15 is 0 Å². The van der Waals surface area contributed by atoms with Gasteiger partial charge in [-0.15, -0.1) is 0 Å². The van der Waals surface area contributed by atoms with Crippen LogP contribution in [0.15, 0.2) is 65.1 Å². The van der Waals surface area contributed by atoms with Gasteiger partial charge in [-0.3, -0.25) is 4.79 Å². The van der Waals surface area contributed by atoms with E-state index in [0.717, 1.165) is 54.6 Å². The van der Waals surface area contributed by atoms with Gasteiger partial charge in [0.1, 0.15) is 0 Å². The molecule has 4 rings (SSSR count). The maximum atomic E-state index is 13.4. The number of aryl methyl sites for hydroxylation is 4. The monoisotopic (exact) mass is 458 g/mol. The van der Waals surface area contributed by atoms with Crippen LogP contribution in [0.25, 0.3) is 22.2 Å². The second-order valence-electron chi connectivity index (χ2n) is 7.76. The molecular weight excluding hydrogens is 436 g/mol. The van der Waals surface area contributed by atoms with Crippen molar-refractivity contribution in [1.82, 2.24) is 4.98 Å². The molecule has 4 aromatic rings. The lowest BCUT2D eigenvalue weighted by Crippen LogP contribution is -2.15. The summed E-state index contributed by atoms with van der Waals surface area (Å²) in [5, 5.41) is 4.01. The van der Waals surface area contributed by atoms with Gasteiger partial charge in [0.05, 0.1) is 16.8 Å². The third-order valence-corrected chi connectivity index (χ3v) is 5.88. The maximum absolute atomic E-state index is 13.4. The van der Waals surface area contributed by atoms with Crippen LogP contribution in [-0.2, 0) is 0 Å². The summed E-state index contributed by atoms with van der Waals surface area (Å²) < 4.78 is 1.01. The highest BCUT2D eigenvalue weighted by Crippen LogP contribution is 2.30. The first-order valence-electron chi connectivity index (χ1n) is 9.89. The molecular formula is C26H23BrN2O. The molecule has 0 aliphatic carbocycles. The van der Waals surface area contributed by atoms with Crippen molar-refractivity contribution in [3.63, 3.8) is 0 Å². The Labute approximate surface area is 185 Å². The molecule has 0 aliphatic rings. The first-order valence-corrected chi connectivity index (χ1v) is 10.7. The molecule has 1 heterocycles. The van der Waals surface area contributed by atoms with Gasteiger partial charge in [0.15, 0.2) is 0 Å². The van der Waals surface area contributed by atoms with Crippen LogP contribution in [0.3, 0.4) is 0 Å². The van der Waals surface area contributed by atoms with Gasteiger partial charge in [0.2, 0.25) is 0 Å². The number of carbonyl (C=O) groups excluding carboxylic acids is 1. The number of benzene rings is 3. The Kier molecular flexibility index (Phi) is 5.44. The van der Waals surface area contributed by atoms with E-state index in [-0.39, 0.29) is 5.91 Å². The quantitative estimate of drug-likeness (QED) is 0.354. The minimum atomic E-state index is -0.122. The molecule has 150 valence electrons. The summed E-state index contributed by atoms with van der Waals surface area (Å²) >= 11 is 3.48. The van der Waals surface area contributed by atoms with Crippen molar-refractivity contribution in [1.29, 1.82) is 0 Å². The Morgan fingerprint density at radius 1 is 0.867 bits per heavy atom. The summed E-state index contributed by atoms with van der Waals surface area (Å²) in [7, 11) is 0. The third-order valence-electron chi connectivity index (χ3n) is 5.35. The molecule has 3 aromatic carbocycles. The molecule has 0 fully saturated rings. The summed E-state index contributed by atoms with van der Waals surface area (Å²) in [5.41, 5.74) is 8.37. The standard InChI is InChI=1S/C26H23BrN2O/c1-15-12-18(4)25-21(13-15)22(14-23(28-25)19-8-10-20(27)11-9-19)26(30)29-24-16(2)6-5-7-17(24)3/h5-14H,1-4H3,(H,29,30). The van der Waals surface area contributed by atoms with Crippen LogP contribution >= 0.6 is 15.9 Å². The van der Waals surface area contributed by atoms with Crippen LogP contribution in [-0.4, -0.2) is 10.9 Å².